The molecular formula is C15H21N3OS. The Morgan fingerprint density at radius 2 is 2.05 bits per heavy atom. The highest BCUT2D eigenvalue weighted by atomic mass is 32.2. The number of aliphatic hydroxyl groups excluding tert-OH is 1. The van der Waals surface area contributed by atoms with Gasteiger partial charge in [0.25, 0.3) is 0 Å². The first-order valence-electron chi connectivity index (χ1n) is 6.64. The first kappa shape index (κ1) is 15.1. The molecule has 108 valence electrons. The van der Waals surface area contributed by atoms with Gasteiger partial charge in [0.1, 0.15) is 0 Å². The molecule has 0 radical (unpaired) electrons. The molecule has 0 bridgehead atoms. The van der Waals surface area contributed by atoms with Crippen LogP contribution in [0.15, 0.2) is 41.4 Å². The second kappa shape index (κ2) is 6.43. The number of aromatic nitrogens is 2. The second-order valence-corrected chi connectivity index (χ2v) is 6.14. The number of rotatable bonds is 6. The zero-order valence-corrected chi connectivity index (χ0v) is 12.7. The van der Waals surface area contributed by atoms with Crippen molar-refractivity contribution >= 4 is 11.8 Å². The highest BCUT2D eigenvalue weighted by Gasteiger charge is 2.26. The summed E-state index contributed by atoms with van der Waals surface area (Å²) in [6.07, 6.45) is 0.711. The van der Waals surface area contributed by atoms with Crippen LogP contribution < -0.4 is 5.73 Å². The summed E-state index contributed by atoms with van der Waals surface area (Å²) >= 11 is 1.71. The fourth-order valence-corrected chi connectivity index (χ4v) is 3.30. The maximum Gasteiger partial charge on any atom is 0.0939 e. The van der Waals surface area contributed by atoms with E-state index in [2.05, 4.69) is 11.2 Å². The molecule has 2 rings (SSSR count). The van der Waals surface area contributed by atoms with E-state index >= 15 is 0 Å². The zero-order valence-electron chi connectivity index (χ0n) is 11.9. The molecule has 0 aliphatic carbocycles. The molecule has 1 aromatic carbocycles. The van der Waals surface area contributed by atoms with Crippen LogP contribution in [0.25, 0.3) is 0 Å². The van der Waals surface area contributed by atoms with Gasteiger partial charge in [-0.1, -0.05) is 30.3 Å². The molecule has 1 aromatic heterocycles. The summed E-state index contributed by atoms with van der Waals surface area (Å²) in [6.45, 7) is 1.93. The van der Waals surface area contributed by atoms with E-state index in [1.54, 1.807) is 11.8 Å². The van der Waals surface area contributed by atoms with Crippen molar-refractivity contribution in [3.63, 3.8) is 0 Å². The number of benzene rings is 1. The van der Waals surface area contributed by atoms with Crippen LogP contribution in [0.2, 0.25) is 0 Å². The molecule has 0 amide bonds. The molecule has 4 nitrogen and oxygen atoms in total. The van der Waals surface area contributed by atoms with Crippen LogP contribution in [0.1, 0.15) is 17.7 Å². The van der Waals surface area contributed by atoms with Gasteiger partial charge in [-0.05, 0) is 25.0 Å². The molecule has 0 saturated carbocycles. The number of nitrogens with zero attached hydrogens (tertiary/aromatic N) is 2. The molecule has 0 saturated heterocycles. The Morgan fingerprint density at radius 1 is 1.35 bits per heavy atom. The fraction of sp³-hybridized carbons (Fsp3) is 0.400. The second-order valence-electron chi connectivity index (χ2n) is 5.03. The van der Waals surface area contributed by atoms with Crippen molar-refractivity contribution in [3.8, 4) is 0 Å². The lowest BCUT2D eigenvalue weighted by atomic mass is 9.89. The summed E-state index contributed by atoms with van der Waals surface area (Å²) in [6, 6.07) is 11.8. The minimum absolute atomic E-state index is 0.0536. The quantitative estimate of drug-likeness (QED) is 0.800. The van der Waals surface area contributed by atoms with Crippen molar-refractivity contribution in [2.75, 3.05) is 12.4 Å². The van der Waals surface area contributed by atoms with Crippen molar-refractivity contribution < 1.29 is 5.11 Å². The molecule has 0 fully saturated rings. The number of nitrogens with two attached hydrogens (primary N) is 1. The van der Waals surface area contributed by atoms with E-state index in [-0.39, 0.29) is 6.61 Å². The lowest BCUT2D eigenvalue weighted by molar-refractivity contribution is 0.193. The van der Waals surface area contributed by atoms with Crippen molar-refractivity contribution in [2.45, 2.75) is 23.9 Å². The Morgan fingerprint density at radius 3 is 2.60 bits per heavy atom. The number of thioether (sulfide) groups is 1. The van der Waals surface area contributed by atoms with Crippen molar-refractivity contribution in [1.29, 1.82) is 0 Å². The molecule has 1 atom stereocenters. The average molecular weight is 291 g/mol. The van der Waals surface area contributed by atoms with Gasteiger partial charge in [-0.25, -0.2) is 0 Å². The number of hydrogen-bond donors (Lipinski definition) is 2. The van der Waals surface area contributed by atoms with E-state index in [0.29, 0.717) is 6.42 Å². The Labute approximate surface area is 124 Å². The third kappa shape index (κ3) is 3.42. The van der Waals surface area contributed by atoms with Gasteiger partial charge in [0.15, 0.2) is 0 Å². The smallest absolute Gasteiger partial charge is 0.0939 e. The Balaban J connectivity index is 1.99. The summed E-state index contributed by atoms with van der Waals surface area (Å²) in [5.74, 6) is 0.838. The first-order chi connectivity index (χ1) is 9.55. The van der Waals surface area contributed by atoms with Crippen LogP contribution >= 0.6 is 11.8 Å². The van der Waals surface area contributed by atoms with Gasteiger partial charge in [0, 0.05) is 12.8 Å². The Bertz CT molecular complexity index is 556. The van der Waals surface area contributed by atoms with Crippen LogP contribution in [0.3, 0.4) is 0 Å². The predicted octanol–water partition coefficient (Wildman–Crippen LogP) is 2.06. The molecule has 2 aromatic rings. The highest BCUT2D eigenvalue weighted by Crippen LogP contribution is 2.26. The van der Waals surface area contributed by atoms with Crippen LogP contribution in [-0.2, 0) is 12.6 Å². The Kier molecular flexibility index (Phi) is 4.86. The molecule has 0 aliphatic rings. The van der Waals surface area contributed by atoms with E-state index < -0.39 is 5.54 Å². The van der Waals surface area contributed by atoms with Crippen molar-refractivity contribution in [3.05, 3.63) is 47.7 Å². The summed E-state index contributed by atoms with van der Waals surface area (Å²) < 4.78 is 1.87. The molecule has 0 aliphatic heterocycles. The summed E-state index contributed by atoms with van der Waals surface area (Å²) in [4.78, 5) is 0. The zero-order chi connectivity index (χ0) is 14.6. The SMILES string of the molecule is Cc1cc(SCCC(N)(CO)c2ccccc2)n(C)n1. The topological polar surface area (TPSA) is 64.1 Å². The lowest BCUT2D eigenvalue weighted by Gasteiger charge is -2.27. The summed E-state index contributed by atoms with van der Waals surface area (Å²) in [5.41, 5.74) is 7.65. The average Bonchev–Trinajstić information content (AvgIpc) is 2.78. The molecule has 0 spiro atoms. The first-order valence-corrected chi connectivity index (χ1v) is 7.62. The van der Waals surface area contributed by atoms with E-state index in [1.807, 2.05) is 49.0 Å². The minimum Gasteiger partial charge on any atom is -0.394 e. The van der Waals surface area contributed by atoms with Crippen LogP contribution in [0.4, 0.5) is 0 Å². The van der Waals surface area contributed by atoms with E-state index in [4.69, 9.17) is 5.73 Å². The van der Waals surface area contributed by atoms with E-state index in [9.17, 15) is 5.11 Å². The third-order valence-corrected chi connectivity index (χ3v) is 4.47. The number of aryl methyl sites for hydroxylation is 2. The van der Waals surface area contributed by atoms with Gasteiger partial charge in [0.05, 0.1) is 22.9 Å². The van der Waals surface area contributed by atoms with Gasteiger partial charge >= 0.3 is 0 Å². The summed E-state index contributed by atoms with van der Waals surface area (Å²) in [5, 5.41) is 15.1. The maximum atomic E-state index is 9.64. The molecular weight excluding hydrogens is 270 g/mol. The molecule has 1 heterocycles. The minimum atomic E-state index is -0.679. The predicted molar refractivity (Wildman–Crippen MR) is 82.7 cm³/mol. The monoisotopic (exact) mass is 291 g/mol. The lowest BCUT2D eigenvalue weighted by Crippen LogP contribution is -2.41. The highest BCUT2D eigenvalue weighted by molar-refractivity contribution is 7.99. The number of aliphatic hydroxyl groups is 1. The van der Waals surface area contributed by atoms with Crippen molar-refractivity contribution in [2.24, 2.45) is 12.8 Å². The van der Waals surface area contributed by atoms with Gasteiger partial charge in [-0.3, -0.25) is 4.68 Å². The van der Waals surface area contributed by atoms with Crippen LogP contribution in [0, 0.1) is 6.92 Å². The molecule has 20 heavy (non-hydrogen) atoms. The largest absolute Gasteiger partial charge is 0.394 e. The van der Waals surface area contributed by atoms with Gasteiger partial charge < -0.3 is 10.8 Å². The normalized spacial score (nSPS) is 14.2. The van der Waals surface area contributed by atoms with Crippen LogP contribution in [-0.4, -0.2) is 27.2 Å². The standard InChI is InChI=1S/C15H21N3OS/c1-12-10-14(18(2)17-12)20-9-8-15(16,11-19)13-6-4-3-5-7-13/h3-7,10,19H,8-9,11,16H2,1-2H3. The molecule has 3 N–H and O–H groups in total. The third-order valence-electron chi connectivity index (χ3n) is 3.39. The van der Waals surface area contributed by atoms with E-state index in [1.165, 1.54) is 0 Å². The fourth-order valence-electron chi connectivity index (χ4n) is 2.14. The Hall–Kier alpha value is -1.30. The summed E-state index contributed by atoms with van der Waals surface area (Å²) in [7, 11) is 1.94. The van der Waals surface area contributed by atoms with Gasteiger partial charge in [0.2, 0.25) is 0 Å². The van der Waals surface area contributed by atoms with Gasteiger partial charge in [-0.15, -0.1) is 11.8 Å². The molecule has 5 heteroatoms. The van der Waals surface area contributed by atoms with Crippen LogP contribution in [0.5, 0.6) is 0 Å². The molecule has 1 unspecified atom stereocenters. The van der Waals surface area contributed by atoms with Crippen molar-refractivity contribution in [1.82, 2.24) is 9.78 Å². The van der Waals surface area contributed by atoms with Gasteiger partial charge in [-0.2, -0.15) is 5.10 Å². The number of hydrogen-bond acceptors (Lipinski definition) is 4. The van der Waals surface area contributed by atoms with E-state index in [0.717, 1.165) is 22.0 Å². The maximum absolute atomic E-state index is 9.64.